The Kier molecular flexibility index (Phi) is 3.93. The fourth-order valence-corrected chi connectivity index (χ4v) is 2.47. The van der Waals surface area contributed by atoms with Gasteiger partial charge in [-0.25, -0.2) is 10.4 Å². The average Bonchev–Trinajstić information content (AvgIpc) is 2.90. The molecule has 0 saturated heterocycles. The maximum atomic E-state index is 10.6. The van der Waals surface area contributed by atoms with Gasteiger partial charge in [0.25, 0.3) is 0 Å². The van der Waals surface area contributed by atoms with Crippen molar-refractivity contribution in [3.05, 3.63) is 47.7 Å². The zero-order chi connectivity index (χ0) is 15.5. The summed E-state index contributed by atoms with van der Waals surface area (Å²) in [6, 6.07) is 9.58. The van der Waals surface area contributed by atoms with Crippen molar-refractivity contribution in [1.82, 2.24) is 10.4 Å². The molecule has 0 bridgehead atoms. The number of nitrogens with zero attached hydrogens (tertiary/aromatic N) is 1. The summed E-state index contributed by atoms with van der Waals surface area (Å²) in [4.78, 5) is 14.8. The summed E-state index contributed by atoms with van der Waals surface area (Å²) >= 11 is 0. The zero-order valence-electron chi connectivity index (χ0n) is 12.5. The van der Waals surface area contributed by atoms with Gasteiger partial charge in [0, 0.05) is 23.5 Å². The quantitative estimate of drug-likeness (QED) is 0.739. The van der Waals surface area contributed by atoms with Gasteiger partial charge < -0.3 is 15.5 Å². The molecule has 1 aromatic carbocycles. The van der Waals surface area contributed by atoms with Crippen LogP contribution >= 0.6 is 0 Å². The molecule has 2 heterocycles. The number of aromatic nitrogens is 1. The third-order valence-corrected chi connectivity index (χ3v) is 3.39. The molecule has 3 rings (SSSR count). The first-order valence-corrected chi connectivity index (χ1v) is 7.15. The number of benzene rings is 1. The number of ether oxygens (including phenoxy) is 1. The Labute approximate surface area is 128 Å². The van der Waals surface area contributed by atoms with Crippen LogP contribution in [0.3, 0.4) is 0 Å². The molecule has 1 aliphatic heterocycles. The van der Waals surface area contributed by atoms with E-state index in [0.717, 1.165) is 22.5 Å². The van der Waals surface area contributed by atoms with Crippen molar-refractivity contribution in [2.75, 3.05) is 10.7 Å². The van der Waals surface area contributed by atoms with E-state index in [2.05, 4.69) is 21.2 Å². The third-order valence-electron chi connectivity index (χ3n) is 3.39. The van der Waals surface area contributed by atoms with Crippen LogP contribution in [0.2, 0.25) is 0 Å². The molecule has 1 unspecified atom stereocenters. The van der Waals surface area contributed by atoms with Crippen molar-refractivity contribution in [2.45, 2.75) is 26.0 Å². The standard InChI is InChI=1S/C16H18N4O2/c1-10(2)22-15-7-11(5-6-17-15)16-13-8-12(18-9-21)3-4-14(13)19-20-16/h3-10,16,19-20H,1-2H3,(H,18,21). The van der Waals surface area contributed by atoms with Crippen molar-refractivity contribution < 1.29 is 9.53 Å². The number of carbonyl (C=O) groups is 1. The molecule has 0 spiro atoms. The number of anilines is 2. The number of carbonyl (C=O) groups excluding carboxylic acids is 1. The van der Waals surface area contributed by atoms with Gasteiger partial charge in [-0.3, -0.25) is 4.79 Å². The van der Waals surface area contributed by atoms with Gasteiger partial charge in [0.15, 0.2) is 0 Å². The van der Waals surface area contributed by atoms with Crippen molar-refractivity contribution in [1.29, 1.82) is 0 Å². The second-order valence-electron chi connectivity index (χ2n) is 5.36. The number of hydrogen-bond acceptors (Lipinski definition) is 5. The Morgan fingerprint density at radius 3 is 2.95 bits per heavy atom. The predicted molar refractivity (Wildman–Crippen MR) is 84.7 cm³/mol. The van der Waals surface area contributed by atoms with Crippen LogP contribution < -0.4 is 20.9 Å². The molecule has 114 valence electrons. The van der Waals surface area contributed by atoms with Crippen LogP contribution in [-0.2, 0) is 4.79 Å². The number of hydrazine groups is 1. The van der Waals surface area contributed by atoms with Gasteiger partial charge in [0.05, 0.1) is 17.8 Å². The zero-order valence-corrected chi connectivity index (χ0v) is 12.5. The molecule has 6 nitrogen and oxygen atoms in total. The highest BCUT2D eigenvalue weighted by molar-refractivity contribution is 5.74. The van der Waals surface area contributed by atoms with Gasteiger partial charge in [-0.2, -0.15) is 0 Å². The lowest BCUT2D eigenvalue weighted by atomic mass is 9.99. The summed E-state index contributed by atoms with van der Waals surface area (Å²) in [6.45, 7) is 3.94. The van der Waals surface area contributed by atoms with Crippen LogP contribution in [0.1, 0.15) is 31.0 Å². The van der Waals surface area contributed by atoms with Crippen molar-refractivity contribution in [3.8, 4) is 5.88 Å². The number of hydrogen-bond donors (Lipinski definition) is 3. The van der Waals surface area contributed by atoms with Crippen molar-refractivity contribution in [3.63, 3.8) is 0 Å². The summed E-state index contributed by atoms with van der Waals surface area (Å²) in [6.07, 6.45) is 2.49. The summed E-state index contributed by atoms with van der Waals surface area (Å²) in [5.41, 5.74) is 10.2. The number of amides is 1. The van der Waals surface area contributed by atoms with E-state index >= 15 is 0 Å². The van der Waals surface area contributed by atoms with Crippen LogP contribution in [0.5, 0.6) is 5.88 Å². The molecule has 0 aliphatic carbocycles. The third kappa shape index (κ3) is 2.87. The van der Waals surface area contributed by atoms with E-state index in [-0.39, 0.29) is 12.1 Å². The molecule has 1 aromatic heterocycles. The second kappa shape index (κ2) is 6.03. The minimum absolute atomic E-state index is 0.0269. The molecular weight excluding hydrogens is 280 g/mol. The largest absolute Gasteiger partial charge is 0.475 e. The Morgan fingerprint density at radius 2 is 2.18 bits per heavy atom. The lowest BCUT2D eigenvalue weighted by Gasteiger charge is -2.14. The van der Waals surface area contributed by atoms with Gasteiger partial charge in [0.2, 0.25) is 12.3 Å². The van der Waals surface area contributed by atoms with E-state index < -0.39 is 0 Å². The summed E-state index contributed by atoms with van der Waals surface area (Å²) in [5, 5.41) is 2.67. The number of pyridine rings is 1. The normalized spacial score (nSPS) is 16.0. The topological polar surface area (TPSA) is 75.3 Å². The Bertz CT molecular complexity index is 688. The first-order valence-electron chi connectivity index (χ1n) is 7.15. The first-order chi connectivity index (χ1) is 10.7. The summed E-state index contributed by atoms with van der Waals surface area (Å²) < 4.78 is 5.65. The summed E-state index contributed by atoms with van der Waals surface area (Å²) in [7, 11) is 0. The molecule has 3 N–H and O–H groups in total. The predicted octanol–water partition coefficient (Wildman–Crippen LogP) is 2.46. The highest BCUT2D eigenvalue weighted by Gasteiger charge is 2.24. The Morgan fingerprint density at radius 1 is 1.32 bits per heavy atom. The van der Waals surface area contributed by atoms with Crippen molar-refractivity contribution in [2.24, 2.45) is 0 Å². The smallest absolute Gasteiger partial charge is 0.213 e. The number of fused-ring (bicyclic) bond motifs is 1. The molecule has 1 atom stereocenters. The van der Waals surface area contributed by atoms with Gasteiger partial charge in [-0.15, -0.1) is 0 Å². The van der Waals surface area contributed by atoms with E-state index in [1.165, 1.54) is 0 Å². The number of rotatable bonds is 5. The van der Waals surface area contributed by atoms with Gasteiger partial charge in [-0.1, -0.05) is 0 Å². The molecule has 1 aliphatic rings. The van der Waals surface area contributed by atoms with E-state index in [1.54, 1.807) is 6.20 Å². The van der Waals surface area contributed by atoms with E-state index in [0.29, 0.717) is 12.3 Å². The summed E-state index contributed by atoms with van der Waals surface area (Å²) in [5.74, 6) is 0.602. The van der Waals surface area contributed by atoms with Crippen molar-refractivity contribution >= 4 is 17.8 Å². The Balaban J connectivity index is 1.92. The van der Waals surface area contributed by atoms with Crippen LogP contribution in [-0.4, -0.2) is 17.5 Å². The maximum Gasteiger partial charge on any atom is 0.213 e. The highest BCUT2D eigenvalue weighted by Crippen LogP contribution is 2.35. The average molecular weight is 298 g/mol. The van der Waals surface area contributed by atoms with E-state index in [1.807, 2.05) is 44.2 Å². The van der Waals surface area contributed by atoms with Crippen LogP contribution in [0.25, 0.3) is 0 Å². The fraction of sp³-hybridized carbons (Fsp3) is 0.250. The maximum absolute atomic E-state index is 10.6. The molecular formula is C16H18N4O2. The van der Waals surface area contributed by atoms with Gasteiger partial charge >= 0.3 is 0 Å². The van der Waals surface area contributed by atoms with E-state index in [4.69, 9.17) is 4.74 Å². The minimum Gasteiger partial charge on any atom is -0.475 e. The SMILES string of the molecule is CC(C)Oc1cc(C2NNc3ccc(NC=O)cc32)ccn1. The molecule has 1 amide bonds. The van der Waals surface area contributed by atoms with E-state index in [9.17, 15) is 4.79 Å². The highest BCUT2D eigenvalue weighted by atomic mass is 16.5. The number of nitrogens with one attached hydrogen (secondary N) is 3. The monoisotopic (exact) mass is 298 g/mol. The fourth-order valence-electron chi connectivity index (χ4n) is 2.47. The second-order valence-corrected chi connectivity index (χ2v) is 5.36. The Hall–Kier alpha value is -2.60. The van der Waals surface area contributed by atoms with Crippen LogP contribution in [0.15, 0.2) is 36.5 Å². The molecule has 0 radical (unpaired) electrons. The van der Waals surface area contributed by atoms with Crippen LogP contribution in [0.4, 0.5) is 11.4 Å². The lowest BCUT2D eigenvalue weighted by molar-refractivity contribution is -0.105. The molecule has 2 aromatic rings. The van der Waals surface area contributed by atoms with Gasteiger partial charge in [0.1, 0.15) is 0 Å². The lowest BCUT2D eigenvalue weighted by Crippen LogP contribution is -2.20. The van der Waals surface area contributed by atoms with Gasteiger partial charge in [-0.05, 0) is 43.7 Å². The van der Waals surface area contributed by atoms with Crippen LogP contribution in [0, 0.1) is 0 Å². The molecule has 22 heavy (non-hydrogen) atoms. The minimum atomic E-state index is -0.0269. The molecule has 0 saturated carbocycles. The first kappa shape index (κ1) is 14.3. The molecule has 6 heteroatoms. The molecule has 0 fully saturated rings.